The number of benzene rings is 2. The van der Waals surface area contributed by atoms with Crippen molar-refractivity contribution in [3.63, 3.8) is 0 Å². The highest BCUT2D eigenvalue weighted by Crippen LogP contribution is 2.56. The Hall–Kier alpha value is -4.42. The number of ether oxygens (including phenoxy) is 1. The van der Waals surface area contributed by atoms with E-state index in [0.29, 0.717) is 24.0 Å². The van der Waals surface area contributed by atoms with Crippen molar-refractivity contribution in [2.45, 2.75) is 81.3 Å². The third-order valence-electron chi connectivity index (χ3n) is 9.55. The van der Waals surface area contributed by atoms with Crippen molar-refractivity contribution in [2.75, 3.05) is 16.8 Å². The average Bonchev–Trinajstić information content (AvgIpc) is 3.72. The number of fused-ring (bicyclic) bond motifs is 3. The molecule has 3 aliphatic heterocycles. The number of carbonyl (C=O) groups is 5. The summed E-state index contributed by atoms with van der Waals surface area (Å²) in [4.78, 5) is 67.7. The topological polar surface area (TPSA) is 116 Å². The number of imide groups is 1. The Labute approximate surface area is 250 Å². The Morgan fingerprint density at radius 1 is 1.02 bits per heavy atom. The fourth-order valence-corrected chi connectivity index (χ4v) is 6.91. The minimum Gasteiger partial charge on any atom is -0.410 e. The molecule has 10 nitrogen and oxygen atoms in total. The van der Waals surface area contributed by atoms with Crippen LogP contribution in [0.4, 0.5) is 29.3 Å². The molecule has 0 aromatic heterocycles. The zero-order chi connectivity index (χ0) is 31.1. The lowest BCUT2D eigenvalue weighted by Crippen LogP contribution is -2.52. The summed E-state index contributed by atoms with van der Waals surface area (Å²) in [5.74, 6) is -5.30. The molecule has 1 N–H and O–H groups in total. The molecule has 230 valence electrons. The van der Waals surface area contributed by atoms with Crippen LogP contribution in [0.2, 0.25) is 0 Å². The van der Waals surface area contributed by atoms with Gasteiger partial charge in [0.25, 0.3) is 5.91 Å². The van der Waals surface area contributed by atoms with Gasteiger partial charge in [0.2, 0.25) is 23.6 Å². The minimum atomic E-state index is -2.90. The van der Waals surface area contributed by atoms with E-state index < -0.39 is 53.9 Å². The molecule has 1 saturated heterocycles. The molecule has 1 unspecified atom stereocenters. The standard InChI is InChI=1S/C31H29F3N4O6/c1-36(29(43)44-19-5-2-16-15-37(27(41)20(16)14-19)23-6-7-24(39)35-26(23)40)18-12-21-25(22(32)13-18)38(17-3-4-17)28(42)30(21)8-10-31(33,34)11-9-30/h2,5,12-14,17,23H,3-4,6-11,15H2,1H3,(H,35,39,40). The van der Waals surface area contributed by atoms with Gasteiger partial charge >= 0.3 is 6.09 Å². The molecule has 5 aliphatic rings. The monoisotopic (exact) mass is 610 g/mol. The van der Waals surface area contributed by atoms with Crippen LogP contribution < -0.4 is 19.9 Å². The van der Waals surface area contributed by atoms with Gasteiger partial charge < -0.3 is 14.5 Å². The molecule has 0 radical (unpaired) electrons. The van der Waals surface area contributed by atoms with E-state index in [1.165, 1.54) is 35.0 Å². The molecule has 44 heavy (non-hydrogen) atoms. The molecule has 5 amide bonds. The third-order valence-corrected chi connectivity index (χ3v) is 9.55. The van der Waals surface area contributed by atoms with Gasteiger partial charge in [0.1, 0.15) is 17.6 Å². The van der Waals surface area contributed by atoms with Crippen LogP contribution in [0.3, 0.4) is 0 Å². The van der Waals surface area contributed by atoms with Crippen LogP contribution in [0.1, 0.15) is 72.9 Å². The van der Waals surface area contributed by atoms with E-state index in [0.717, 1.165) is 11.0 Å². The molecule has 2 saturated carbocycles. The van der Waals surface area contributed by atoms with Gasteiger partial charge in [0.05, 0.1) is 16.8 Å². The fourth-order valence-electron chi connectivity index (χ4n) is 6.91. The first-order chi connectivity index (χ1) is 20.9. The van der Waals surface area contributed by atoms with Crippen LogP contribution in [0.15, 0.2) is 30.3 Å². The lowest BCUT2D eigenvalue weighted by atomic mass is 9.69. The van der Waals surface area contributed by atoms with Gasteiger partial charge in [-0.1, -0.05) is 6.07 Å². The second kappa shape index (κ2) is 9.80. The molecule has 1 spiro atoms. The molecule has 1 atom stereocenters. The predicted molar refractivity (Wildman–Crippen MR) is 149 cm³/mol. The SMILES string of the molecule is CN(C(=O)Oc1ccc2c(c1)C(=O)N(C1CCC(=O)NC1=O)C2)c1cc(F)c2c(c1)C1(CCC(F)(F)CC1)C(=O)N2C1CC1. The van der Waals surface area contributed by atoms with Gasteiger partial charge in [0.15, 0.2) is 0 Å². The van der Waals surface area contributed by atoms with E-state index in [4.69, 9.17) is 4.74 Å². The quantitative estimate of drug-likeness (QED) is 0.520. The number of piperidine rings is 1. The Morgan fingerprint density at radius 2 is 1.75 bits per heavy atom. The molecule has 3 fully saturated rings. The van der Waals surface area contributed by atoms with Gasteiger partial charge in [-0.2, -0.15) is 0 Å². The van der Waals surface area contributed by atoms with E-state index >= 15 is 4.39 Å². The van der Waals surface area contributed by atoms with Crippen molar-refractivity contribution in [1.82, 2.24) is 10.2 Å². The third kappa shape index (κ3) is 4.43. The maximum Gasteiger partial charge on any atom is 0.419 e. The number of hydrogen-bond donors (Lipinski definition) is 1. The molecule has 2 aromatic rings. The second-order valence-electron chi connectivity index (χ2n) is 12.3. The van der Waals surface area contributed by atoms with Gasteiger partial charge in [-0.3, -0.25) is 29.4 Å². The number of hydrogen-bond acceptors (Lipinski definition) is 6. The van der Waals surface area contributed by atoms with Crippen molar-refractivity contribution in [3.05, 3.63) is 52.8 Å². The number of anilines is 2. The van der Waals surface area contributed by atoms with Crippen LogP contribution in [0.5, 0.6) is 5.75 Å². The fraction of sp³-hybridized carbons (Fsp3) is 0.452. The summed E-state index contributed by atoms with van der Waals surface area (Å²) >= 11 is 0. The number of rotatable bonds is 4. The lowest BCUT2D eigenvalue weighted by Gasteiger charge is -2.36. The van der Waals surface area contributed by atoms with Crippen LogP contribution in [-0.2, 0) is 26.3 Å². The number of nitrogens with one attached hydrogen (secondary N) is 1. The first-order valence-corrected chi connectivity index (χ1v) is 14.7. The molecule has 2 aliphatic carbocycles. The van der Waals surface area contributed by atoms with Crippen molar-refractivity contribution < 1.29 is 41.9 Å². The van der Waals surface area contributed by atoms with E-state index in [9.17, 15) is 32.8 Å². The Bertz CT molecular complexity index is 1650. The first kappa shape index (κ1) is 28.4. The summed E-state index contributed by atoms with van der Waals surface area (Å²) in [7, 11) is 1.36. The number of nitrogens with zero attached hydrogens (tertiary/aromatic N) is 3. The number of halogens is 3. The number of alkyl halides is 2. The molecule has 0 bridgehead atoms. The van der Waals surface area contributed by atoms with Gasteiger partial charge in [-0.15, -0.1) is 0 Å². The van der Waals surface area contributed by atoms with Crippen molar-refractivity contribution in [2.24, 2.45) is 0 Å². The largest absolute Gasteiger partial charge is 0.419 e. The summed E-state index contributed by atoms with van der Waals surface area (Å²) in [5, 5.41) is 2.25. The molecular formula is C31H29F3N4O6. The number of amides is 5. The molecular weight excluding hydrogens is 581 g/mol. The van der Waals surface area contributed by atoms with Gasteiger partial charge in [-0.25, -0.2) is 18.0 Å². The molecule has 3 heterocycles. The Balaban J connectivity index is 1.12. The summed E-state index contributed by atoms with van der Waals surface area (Å²) in [6.07, 6.45) is -0.368. The van der Waals surface area contributed by atoms with E-state index in [1.807, 2.05) is 0 Å². The van der Waals surface area contributed by atoms with E-state index in [2.05, 4.69) is 5.32 Å². The second-order valence-corrected chi connectivity index (χ2v) is 12.3. The highest BCUT2D eigenvalue weighted by Gasteiger charge is 2.58. The Morgan fingerprint density at radius 3 is 2.43 bits per heavy atom. The van der Waals surface area contributed by atoms with Crippen LogP contribution in [-0.4, -0.2) is 59.7 Å². The van der Waals surface area contributed by atoms with Crippen molar-refractivity contribution >= 4 is 41.1 Å². The molecule has 7 rings (SSSR count). The van der Waals surface area contributed by atoms with E-state index in [-0.39, 0.29) is 72.8 Å². The molecule has 2 aromatic carbocycles. The maximum absolute atomic E-state index is 15.7. The first-order valence-electron chi connectivity index (χ1n) is 14.7. The zero-order valence-corrected chi connectivity index (χ0v) is 23.8. The highest BCUT2D eigenvalue weighted by molar-refractivity contribution is 6.10. The van der Waals surface area contributed by atoms with Crippen LogP contribution in [0, 0.1) is 5.82 Å². The van der Waals surface area contributed by atoms with Crippen molar-refractivity contribution in [1.29, 1.82) is 0 Å². The van der Waals surface area contributed by atoms with Gasteiger partial charge in [-0.05, 0) is 67.5 Å². The number of carbonyl (C=O) groups excluding carboxylic acids is 5. The van der Waals surface area contributed by atoms with Crippen molar-refractivity contribution in [3.8, 4) is 5.75 Å². The Kier molecular flexibility index (Phi) is 6.31. The van der Waals surface area contributed by atoms with E-state index in [1.54, 1.807) is 6.07 Å². The summed E-state index contributed by atoms with van der Waals surface area (Å²) in [5.41, 5.74) is 0.107. The van der Waals surface area contributed by atoms with Crippen LogP contribution >= 0.6 is 0 Å². The normalized spacial score (nSPS) is 23.5. The summed E-state index contributed by atoms with van der Waals surface area (Å²) < 4.78 is 49.5. The summed E-state index contributed by atoms with van der Waals surface area (Å²) in [6, 6.07) is 6.19. The smallest absolute Gasteiger partial charge is 0.410 e. The average molecular weight is 611 g/mol. The maximum atomic E-state index is 15.7. The molecule has 13 heteroatoms. The van der Waals surface area contributed by atoms with Gasteiger partial charge in [0, 0.05) is 44.5 Å². The highest BCUT2D eigenvalue weighted by atomic mass is 19.3. The summed E-state index contributed by atoms with van der Waals surface area (Å²) in [6.45, 7) is 0.160. The lowest BCUT2D eigenvalue weighted by molar-refractivity contribution is -0.137. The van der Waals surface area contributed by atoms with Crippen LogP contribution in [0.25, 0.3) is 0 Å². The minimum absolute atomic E-state index is 0.0433. The zero-order valence-electron chi connectivity index (χ0n) is 23.8. The predicted octanol–water partition coefficient (Wildman–Crippen LogP) is 4.18.